The molecule has 0 saturated heterocycles. The minimum atomic E-state index is -1.20. The highest BCUT2D eigenvalue weighted by Gasteiger charge is 2.21. The van der Waals surface area contributed by atoms with Crippen molar-refractivity contribution in [3.05, 3.63) is 0 Å². The second-order valence-corrected chi connectivity index (χ2v) is 3.71. The molecule has 0 aromatic carbocycles. The van der Waals surface area contributed by atoms with Gasteiger partial charge in [-0.3, -0.25) is 0 Å². The Bertz CT molecular complexity index is 134. The molecule has 0 rings (SSSR count). The molecule has 0 radical (unpaired) electrons. The molecule has 0 aromatic heterocycles. The van der Waals surface area contributed by atoms with Crippen LogP contribution in [0.1, 0.15) is 26.7 Å². The van der Waals surface area contributed by atoms with E-state index in [4.69, 9.17) is 5.11 Å². The molecule has 0 aromatic rings. The fourth-order valence-corrected chi connectivity index (χ4v) is 1.06. The van der Waals surface area contributed by atoms with E-state index in [0.717, 1.165) is 18.2 Å². The van der Waals surface area contributed by atoms with Gasteiger partial charge in [-0.1, -0.05) is 15.9 Å². The first-order valence-electron chi connectivity index (χ1n) is 3.46. The van der Waals surface area contributed by atoms with Crippen LogP contribution in [0.5, 0.6) is 0 Å². The van der Waals surface area contributed by atoms with Crippen LogP contribution in [-0.2, 0) is 4.74 Å². The van der Waals surface area contributed by atoms with Gasteiger partial charge >= 0.3 is 6.16 Å². The maximum absolute atomic E-state index is 10.1. The number of hydrogen-bond acceptors (Lipinski definition) is 2. The van der Waals surface area contributed by atoms with Gasteiger partial charge in [0.05, 0.1) is 0 Å². The number of ether oxygens (including phenoxy) is 1. The van der Waals surface area contributed by atoms with E-state index in [0.29, 0.717) is 0 Å². The molecule has 0 aliphatic carbocycles. The molecule has 0 unspecified atom stereocenters. The number of carbonyl (C=O) groups is 1. The van der Waals surface area contributed by atoms with Crippen LogP contribution in [0.15, 0.2) is 0 Å². The molecule has 66 valence electrons. The van der Waals surface area contributed by atoms with E-state index in [1.807, 2.05) is 0 Å². The lowest BCUT2D eigenvalue weighted by atomic mass is 10.0. The average Bonchev–Trinajstić information content (AvgIpc) is 1.81. The van der Waals surface area contributed by atoms with Crippen LogP contribution in [0.3, 0.4) is 0 Å². The van der Waals surface area contributed by atoms with Gasteiger partial charge in [0.25, 0.3) is 0 Å². The van der Waals surface area contributed by atoms with Gasteiger partial charge in [-0.05, 0) is 26.7 Å². The van der Waals surface area contributed by atoms with Crippen LogP contribution in [0.25, 0.3) is 0 Å². The molecule has 0 atom stereocenters. The normalized spacial score (nSPS) is 11.2. The molecular formula is C7H13BrO3. The molecular weight excluding hydrogens is 212 g/mol. The molecule has 0 fully saturated rings. The van der Waals surface area contributed by atoms with E-state index in [9.17, 15) is 4.79 Å². The van der Waals surface area contributed by atoms with Gasteiger partial charge in [0, 0.05) is 5.33 Å². The van der Waals surface area contributed by atoms with Crippen molar-refractivity contribution < 1.29 is 14.6 Å². The zero-order chi connectivity index (χ0) is 8.91. The van der Waals surface area contributed by atoms with E-state index >= 15 is 0 Å². The first kappa shape index (κ1) is 10.8. The van der Waals surface area contributed by atoms with Crippen molar-refractivity contribution in [1.82, 2.24) is 0 Å². The summed E-state index contributed by atoms with van der Waals surface area (Å²) in [6, 6.07) is 0. The van der Waals surface area contributed by atoms with Gasteiger partial charge < -0.3 is 9.84 Å². The molecule has 1 N–H and O–H groups in total. The summed E-state index contributed by atoms with van der Waals surface area (Å²) in [5.41, 5.74) is -0.556. The van der Waals surface area contributed by atoms with Gasteiger partial charge in [-0.25, -0.2) is 4.79 Å². The summed E-state index contributed by atoms with van der Waals surface area (Å²) in [7, 11) is 0. The van der Waals surface area contributed by atoms with Crippen molar-refractivity contribution in [3.8, 4) is 0 Å². The quantitative estimate of drug-likeness (QED) is 0.590. The summed E-state index contributed by atoms with van der Waals surface area (Å²) in [6.45, 7) is 3.54. The van der Waals surface area contributed by atoms with Crippen LogP contribution in [-0.4, -0.2) is 22.2 Å². The highest BCUT2D eigenvalue weighted by Crippen LogP contribution is 2.17. The van der Waals surface area contributed by atoms with Crippen molar-refractivity contribution in [2.24, 2.45) is 0 Å². The van der Waals surface area contributed by atoms with Crippen LogP contribution in [0.4, 0.5) is 4.79 Å². The van der Waals surface area contributed by atoms with Crippen LogP contribution in [0.2, 0.25) is 0 Å². The first-order valence-corrected chi connectivity index (χ1v) is 4.58. The molecule has 0 amide bonds. The molecule has 0 heterocycles. The molecule has 0 saturated carbocycles. The van der Waals surface area contributed by atoms with Crippen LogP contribution in [0, 0.1) is 0 Å². The Balaban J connectivity index is 3.70. The summed E-state index contributed by atoms with van der Waals surface area (Å²) in [6.07, 6.45) is 0.453. The Hall–Kier alpha value is -0.250. The van der Waals surface area contributed by atoms with Crippen LogP contribution < -0.4 is 0 Å². The predicted octanol–water partition coefficient (Wildman–Crippen LogP) is 2.63. The largest absolute Gasteiger partial charge is 0.506 e. The fraction of sp³-hybridized carbons (Fsp3) is 0.857. The maximum atomic E-state index is 10.1. The smallest absolute Gasteiger partial charge is 0.450 e. The topological polar surface area (TPSA) is 46.5 Å². The minimum absolute atomic E-state index is 0.556. The van der Waals surface area contributed by atoms with E-state index in [2.05, 4.69) is 20.7 Å². The summed E-state index contributed by atoms with van der Waals surface area (Å²) in [5.74, 6) is 0. The number of alkyl halides is 1. The van der Waals surface area contributed by atoms with E-state index < -0.39 is 11.8 Å². The number of halogens is 1. The minimum Gasteiger partial charge on any atom is -0.450 e. The van der Waals surface area contributed by atoms with Crippen LogP contribution >= 0.6 is 15.9 Å². The fourth-order valence-electron chi connectivity index (χ4n) is 0.780. The van der Waals surface area contributed by atoms with Gasteiger partial charge in [0.15, 0.2) is 0 Å². The average molecular weight is 225 g/mol. The zero-order valence-electron chi connectivity index (χ0n) is 6.76. The Morgan fingerprint density at radius 3 is 2.55 bits per heavy atom. The monoisotopic (exact) mass is 224 g/mol. The Morgan fingerprint density at radius 2 is 2.18 bits per heavy atom. The van der Waals surface area contributed by atoms with E-state index in [1.165, 1.54) is 0 Å². The second kappa shape index (κ2) is 4.59. The summed E-state index contributed by atoms with van der Waals surface area (Å²) < 4.78 is 4.64. The van der Waals surface area contributed by atoms with Crippen molar-refractivity contribution in [2.45, 2.75) is 32.3 Å². The molecule has 11 heavy (non-hydrogen) atoms. The second-order valence-electron chi connectivity index (χ2n) is 2.92. The number of carboxylic acid groups (broad SMARTS) is 1. The van der Waals surface area contributed by atoms with Gasteiger partial charge in [0.2, 0.25) is 0 Å². The lowest BCUT2D eigenvalue weighted by Crippen LogP contribution is -2.27. The third kappa shape index (κ3) is 6.16. The van der Waals surface area contributed by atoms with Crippen molar-refractivity contribution in [1.29, 1.82) is 0 Å². The Labute approximate surface area is 74.9 Å². The molecule has 0 aliphatic heterocycles. The molecule has 4 heteroatoms. The molecule has 0 bridgehead atoms. The third-order valence-corrected chi connectivity index (χ3v) is 1.84. The molecule has 0 aliphatic rings. The lowest BCUT2D eigenvalue weighted by molar-refractivity contribution is -0.00106. The zero-order valence-corrected chi connectivity index (χ0v) is 8.35. The highest BCUT2D eigenvalue weighted by atomic mass is 79.9. The van der Waals surface area contributed by atoms with Crippen molar-refractivity contribution in [2.75, 3.05) is 5.33 Å². The van der Waals surface area contributed by atoms with Crippen molar-refractivity contribution in [3.63, 3.8) is 0 Å². The van der Waals surface area contributed by atoms with E-state index in [1.54, 1.807) is 13.8 Å². The third-order valence-electron chi connectivity index (χ3n) is 1.28. The maximum Gasteiger partial charge on any atom is 0.506 e. The van der Waals surface area contributed by atoms with Gasteiger partial charge in [-0.2, -0.15) is 0 Å². The lowest BCUT2D eigenvalue weighted by Gasteiger charge is -2.22. The summed E-state index contributed by atoms with van der Waals surface area (Å²) in [5, 5.41) is 9.19. The predicted molar refractivity (Wildman–Crippen MR) is 46.2 cm³/mol. The summed E-state index contributed by atoms with van der Waals surface area (Å²) in [4.78, 5) is 10.1. The number of hydrogen-bond donors (Lipinski definition) is 1. The first-order chi connectivity index (χ1) is 4.98. The highest BCUT2D eigenvalue weighted by molar-refractivity contribution is 9.09. The van der Waals surface area contributed by atoms with E-state index in [-0.39, 0.29) is 0 Å². The Kier molecular flexibility index (Phi) is 4.49. The van der Waals surface area contributed by atoms with Crippen molar-refractivity contribution >= 4 is 22.1 Å². The SMILES string of the molecule is CC(C)(CCCBr)OC(=O)O. The molecule has 0 spiro atoms. The Morgan fingerprint density at radius 1 is 1.64 bits per heavy atom. The summed E-state index contributed by atoms with van der Waals surface area (Å²) >= 11 is 3.27. The van der Waals surface area contributed by atoms with Gasteiger partial charge in [0.1, 0.15) is 5.60 Å². The number of rotatable bonds is 4. The van der Waals surface area contributed by atoms with Gasteiger partial charge in [-0.15, -0.1) is 0 Å². The standard InChI is InChI=1S/C7H13BrO3/c1-7(2,4-3-5-8)11-6(9)10/h3-5H2,1-2H3,(H,9,10). The molecule has 3 nitrogen and oxygen atoms in total.